The van der Waals surface area contributed by atoms with E-state index >= 15 is 0 Å². The summed E-state index contributed by atoms with van der Waals surface area (Å²) in [6, 6.07) is 89.4. The summed E-state index contributed by atoms with van der Waals surface area (Å²) in [4.78, 5) is 4.89. The summed E-state index contributed by atoms with van der Waals surface area (Å²) in [5, 5.41) is 19.6. The van der Waals surface area contributed by atoms with E-state index in [1.165, 1.54) is 86.2 Å². The largest absolute Gasteiger partial charge is 0.310 e. The molecule has 13 rings (SSSR count). The molecule has 2 heteroatoms. The first-order chi connectivity index (χ1) is 31.7. The van der Waals surface area contributed by atoms with E-state index in [-0.39, 0.29) is 0 Å². The highest BCUT2D eigenvalue weighted by molar-refractivity contribution is 6.33. The quantitative estimate of drug-likeness (QED) is 0.154. The van der Waals surface area contributed by atoms with Crippen LogP contribution in [0, 0.1) is 0 Å². The number of fused-ring (bicyclic) bond motifs is 12. The maximum Gasteiger partial charge on any atom is 0.0546 e. The monoisotopic (exact) mass is 812 g/mol. The Kier molecular flexibility index (Phi) is 8.25. The third kappa shape index (κ3) is 5.88. The third-order valence-electron chi connectivity index (χ3n) is 13.3. The topological polar surface area (TPSA) is 6.48 Å². The minimum atomic E-state index is 1.11. The van der Waals surface area contributed by atoms with Gasteiger partial charge >= 0.3 is 0 Å². The van der Waals surface area contributed by atoms with E-state index in [1.54, 1.807) is 0 Å². The lowest BCUT2D eigenvalue weighted by Crippen LogP contribution is -2.11. The van der Waals surface area contributed by atoms with Crippen LogP contribution in [0.2, 0.25) is 0 Å². The number of anilines is 6. The lowest BCUT2D eigenvalue weighted by atomic mass is 9.89. The second-order valence-corrected chi connectivity index (χ2v) is 16.9. The zero-order valence-electron chi connectivity index (χ0n) is 35.0. The molecule has 0 spiro atoms. The van der Waals surface area contributed by atoms with E-state index in [0.29, 0.717) is 0 Å². The van der Waals surface area contributed by atoms with Gasteiger partial charge in [-0.25, -0.2) is 0 Å². The van der Waals surface area contributed by atoms with Crippen LogP contribution < -0.4 is 9.80 Å². The van der Waals surface area contributed by atoms with Gasteiger partial charge in [0.2, 0.25) is 0 Å². The van der Waals surface area contributed by atoms with Gasteiger partial charge in [-0.3, -0.25) is 0 Å². The Morgan fingerprint density at radius 2 is 0.516 bits per heavy atom. The summed E-state index contributed by atoms with van der Waals surface area (Å²) in [6.45, 7) is 0. The summed E-state index contributed by atoms with van der Waals surface area (Å²) in [5.41, 5.74) is 6.74. The van der Waals surface area contributed by atoms with Crippen molar-refractivity contribution in [2.24, 2.45) is 0 Å². The molecule has 0 aliphatic rings. The Hall–Kier alpha value is -8.46. The Morgan fingerprint density at radius 1 is 0.188 bits per heavy atom. The van der Waals surface area contributed by atoms with Crippen LogP contribution in [0.3, 0.4) is 0 Å². The molecule has 0 bridgehead atoms. The first-order valence-electron chi connectivity index (χ1n) is 22.1. The molecule has 0 fully saturated rings. The lowest BCUT2D eigenvalue weighted by molar-refractivity contribution is 1.30. The van der Waals surface area contributed by atoms with Crippen LogP contribution in [-0.2, 0) is 0 Å². The number of rotatable bonds is 6. The minimum Gasteiger partial charge on any atom is -0.310 e. The molecule has 13 aromatic rings. The standard InChI is InChI=1S/C62H40N2/c1-5-17-45-35-49(29-25-41(45)13-1)63(50-30-26-42-14-2-6-18-46(42)36-50)53-33-34-58-59(39-53)54-21-9-10-22-55(54)60-40-61(56-23-11-12-24-57(56)62(58)60)64(51-31-27-43-15-3-7-19-47(43)37-51)52-32-28-44-16-4-8-20-48(44)38-52/h1-40H. The predicted octanol–water partition coefficient (Wildman–Crippen LogP) is 17.9. The van der Waals surface area contributed by atoms with Gasteiger partial charge in [0.15, 0.2) is 0 Å². The zero-order chi connectivity index (χ0) is 42.1. The minimum absolute atomic E-state index is 1.11. The van der Waals surface area contributed by atoms with E-state index in [1.807, 2.05) is 0 Å². The number of nitrogens with zero attached hydrogens (tertiary/aromatic N) is 2. The Labute approximate surface area is 371 Å². The Morgan fingerprint density at radius 3 is 0.984 bits per heavy atom. The fraction of sp³-hybridized carbons (Fsp3) is 0. The van der Waals surface area contributed by atoms with E-state index in [2.05, 4.69) is 252 Å². The first-order valence-corrected chi connectivity index (χ1v) is 22.1. The van der Waals surface area contributed by atoms with Gasteiger partial charge < -0.3 is 9.80 Å². The van der Waals surface area contributed by atoms with Gasteiger partial charge in [0.05, 0.1) is 5.69 Å². The van der Waals surface area contributed by atoms with Crippen LogP contribution in [0.4, 0.5) is 34.1 Å². The molecular weight excluding hydrogens is 773 g/mol. The van der Waals surface area contributed by atoms with Crippen LogP contribution in [0.15, 0.2) is 243 Å². The van der Waals surface area contributed by atoms with Gasteiger partial charge in [0, 0.05) is 33.8 Å². The summed E-state index contributed by atoms with van der Waals surface area (Å²) in [7, 11) is 0. The Balaban J connectivity index is 1.08. The van der Waals surface area contributed by atoms with Crippen LogP contribution >= 0.6 is 0 Å². The summed E-state index contributed by atoms with van der Waals surface area (Å²) in [5.74, 6) is 0. The molecule has 0 amide bonds. The normalized spacial score (nSPS) is 11.8. The molecule has 64 heavy (non-hydrogen) atoms. The SMILES string of the molecule is c1ccc2cc(N(c3ccc4ccccc4c3)c3ccc4c(c3)c3ccccc3c3cc(N(c5ccc6ccccc6c5)c5ccc6ccccc6c5)c5ccccc5c43)ccc2c1. The molecule has 0 saturated carbocycles. The molecule has 0 N–H and O–H groups in total. The Bertz CT molecular complexity index is 3840. The molecule has 0 aliphatic heterocycles. The summed E-state index contributed by atoms with van der Waals surface area (Å²) < 4.78 is 0. The molecule has 0 aromatic heterocycles. The van der Waals surface area contributed by atoms with Crippen LogP contribution in [-0.4, -0.2) is 0 Å². The van der Waals surface area contributed by atoms with Crippen LogP contribution in [0.25, 0.3) is 86.2 Å². The number of hydrogen-bond donors (Lipinski definition) is 0. The van der Waals surface area contributed by atoms with Crippen molar-refractivity contribution >= 4 is 120 Å². The van der Waals surface area contributed by atoms with E-state index in [4.69, 9.17) is 0 Å². The highest BCUT2D eigenvalue weighted by Gasteiger charge is 2.22. The van der Waals surface area contributed by atoms with Crippen LogP contribution in [0.1, 0.15) is 0 Å². The fourth-order valence-electron chi connectivity index (χ4n) is 10.2. The molecule has 0 atom stereocenters. The average Bonchev–Trinajstić information content (AvgIpc) is 3.36. The van der Waals surface area contributed by atoms with Gasteiger partial charge in [-0.1, -0.05) is 176 Å². The molecule has 13 aromatic carbocycles. The van der Waals surface area contributed by atoms with Crippen molar-refractivity contribution in [2.45, 2.75) is 0 Å². The molecule has 0 unspecified atom stereocenters. The third-order valence-corrected chi connectivity index (χ3v) is 13.3. The average molecular weight is 813 g/mol. The van der Waals surface area contributed by atoms with Crippen LogP contribution in [0.5, 0.6) is 0 Å². The van der Waals surface area contributed by atoms with Gasteiger partial charge in [-0.15, -0.1) is 0 Å². The second-order valence-electron chi connectivity index (χ2n) is 16.9. The summed E-state index contributed by atoms with van der Waals surface area (Å²) >= 11 is 0. The molecule has 0 saturated heterocycles. The number of hydrogen-bond acceptors (Lipinski definition) is 2. The molecule has 0 radical (unpaired) electrons. The van der Waals surface area contributed by atoms with Crippen molar-refractivity contribution < 1.29 is 0 Å². The van der Waals surface area contributed by atoms with Gasteiger partial charge in [-0.2, -0.15) is 0 Å². The van der Waals surface area contributed by atoms with E-state index in [0.717, 1.165) is 34.1 Å². The molecule has 0 heterocycles. The fourth-order valence-corrected chi connectivity index (χ4v) is 10.2. The van der Waals surface area contributed by atoms with Crippen molar-refractivity contribution in [2.75, 3.05) is 9.80 Å². The maximum absolute atomic E-state index is 2.47. The van der Waals surface area contributed by atoms with Crippen molar-refractivity contribution in [3.63, 3.8) is 0 Å². The first kappa shape index (κ1) is 36.2. The second kappa shape index (κ2) is 14.6. The molecule has 2 nitrogen and oxygen atoms in total. The highest BCUT2D eigenvalue weighted by Crippen LogP contribution is 2.48. The van der Waals surface area contributed by atoms with Gasteiger partial charge in [0.1, 0.15) is 0 Å². The predicted molar refractivity (Wildman–Crippen MR) is 276 cm³/mol. The smallest absolute Gasteiger partial charge is 0.0546 e. The van der Waals surface area contributed by atoms with Crippen molar-refractivity contribution in [1.29, 1.82) is 0 Å². The molecular formula is C62H40N2. The van der Waals surface area contributed by atoms with Crippen molar-refractivity contribution in [3.8, 4) is 0 Å². The van der Waals surface area contributed by atoms with E-state index in [9.17, 15) is 0 Å². The maximum atomic E-state index is 2.47. The lowest BCUT2D eigenvalue weighted by Gasteiger charge is -2.29. The zero-order valence-corrected chi connectivity index (χ0v) is 35.0. The number of benzene rings is 13. The summed E-state index contributed by atoms with van der Waals surface area (Å²) in [6.07, 6.45) is 0. The van der Waals surface area contributed by atoms with Crippen molar-refractivity contribution in [3.05, 3.63) is 243 Å². The van der Waals surface area contributed by atoms with Gasteiger partial charge in [0.25, 0.3) is 0 Å². The molecule has 298 valence electrons. The van der Waals surface area contributed by atoms with E-state index < -0.39 is 0 Å². The van der Waals surface area contributed by atoms with Crippen molar-refractivity contribution in [1.82, 2.24) is 0 Å². The molecule has 0 aliphatic carbocycles. The van der Waals surface area contributed by atoms with Gasteiger partial charge in [-0.05, 0) is 148 Å². The highest BCUT2D eigenvalue weighted by atomic mass is 15.1.